The first-order valence-corrected chi connectivity index (χ1v) is 10.2. The van der Waals surface area contributed by atoms with Crippen LogP contribution in [0, 0.1) is 13.8 Å². The molecule has 1 unspecified atom stereocenters. The molecule has 0 radical (unpaired) electrons. The highest BCUT2D eigenvalue weighted by Gasteiger charge is 2.25. The van der Waals surface area contributed by atoms with Crippen LogP contribution in [-0.2, 0) is 18.3 Å². The van der Waals surface area contributed by atoms with Crippen molar-refractivity contribution in [1.82, 2.24) is 25.0 Å². The fraction of sp³-hybridized carbons (Fsp3) is 0.571. The highest BCUT2D eigenvalue weighted by atomic mass is 127. The Bertz CT molecular complexity index is 806. The van der Waals surface area contributed by atoms with E-state index in [2.05, 4.69) is 58.5 Å². The Labute approximate surface area is 191 Å². The van der Waals surface area contributed by atoms with E-state index in [0.717, 1.165) is 50.1 Å². The number of aromatic nitrogens is 3. The molecule has 2 heterocycles. The SMILES string of the molecule is CCCCNC(=NCc1nnc(C)n1C)N1CCOC(c2ccccc2C)C1.I. The van der Waals surface area contributed by atoms with E-state index in [1.54, 1.807) is 0 Å². The number of benzene rings is 1. The Kier molecular flexibility index (Phi) is 9.35. The molecule has 8 heteroatoms. The minimum atomic E-state index is 0. The normalized spacial score (nSPS) is 17.2. The molecule has 1 aliphatic rings. The minimum Gasteiger partial charge on any atom is -0.370 e. The predicted octanol–water partition coefficient (Wildman–Crippen LogP) is 3.37. The monoisotopic (exact) mass is 512 g/mol. The summed E-state index contributed by atoms with van der Waals surface area (Å²) in [5, 5.41) is 11.9. The molecule has 1 aliphatic heterocycles. The second-order valence-electron chi connectivity index (χ2n) is 7.30. The third-order valence-corrected chi connectivity index (χ3v) is 5.27. The number of hydrogen-bond donors (Lipinski definition) is 1. The molecular weight excluding hydrogens is 479 g/mol. The van der Waals surface area contributed by atoms with Gasteiger partial charge < -0.3 is 19.5 Å². The van der Waals surface area contributed by atoms with Gasteiger partial charge in [-0.15, -0.1) is 34.2 Å². The van der Waals surface area contributed by atoms with Crippen LogP contribution in [0.15, 0.2) is 29.3 Å². The lowest BCUT2D eigenvalue weighted by molar-refractivity contribution is -0.00837. The second kappa shape index (κ2) is 11.5. The van der Waals surface area contributed by atoms with Crippen molar-refractivity contribution in [2.24, 2.45) is 12.0 Å². The van der Waals surface area contributed by atoms with E-state index in [-0.39, 0.29) is 30.1 Å². The number of guanidine groups is 1. The molecule has 1 atom stereocenters. The number of aliphatic imine (C=N–C) groups is 1. The first-order chi connectivity index (χ1) is 13.6. The summed E-state index contributed by atoms with van der Waals surface area (Å²) >= 11 is 0. The van der Waals surface area contributed by atoms with Gasteiger partial charge in [0.15, 0.2) is 11.8 Å². The van der Waals surface area contributed by atoms with E-state index >= 15 is 0 Å². The Balaban J connectivity index is 0.00000300. The second-order valence-corrected chi connectivity index (χ2v) is 7.30. The first kappa shape index (κ1) is 23.6. The van der Waals surface area contributed by atoms with Crippen LogP contribution in [-0.4, -0.2) is 51.9 Å². The van der Waals surface area contributed by atoms with Crippen molar-refractivity contribution in [3.05, 3.63) is 47.0 Å². The third kappa shape index (κ3) is 6.15. The lowest BCUT2D eigenvalue weighted by Gasteiger charge is -2.36. The third-order valence-electron chi connectivity index (χ3n) is 5.27. The summed E-state index contributed by atoms with van der Waals surface area (Å²) in [4.78, 5) is 7.17. The van der Waals surface area contributed by atoms with Crippen molar-refractivity contribution >= 4 is 29.9 Å². The Morgan fingerprint density at radius 2 is 2.07 bits per heavy atom. The van der Waals surface area contributed by atoms with Crippen LogP contribution in [0.2, 0.25) is 0 Å². The number of aryl methyl sites for hydroxylation is 2. The van der Waals surface area contributed by atoms with Gasteiger partial charge in [-0.1, -0.05) is 37.6 Å². The van der Waals surface area contributed by atoms with Crippen molar-refractivity contribution < 1.29 is 4.74 Å². The minimum absolute atomic E-state index is 0. The maximum absolute atomic E-state index is 6.09. The summed E-state index contributed by atoms with van der Waals surface area (Å²) in [7, 11) is 1.98. The summed E-state index contributed by atoms with van der Waals surface area (Å²) in [6.07, 6.45) is 2.33. The highest BCUT2D eigenvalue weighted by Crippen LogP contribution is 2.25. The summed E-state index contributed by atoms with van der Waals surface area (Å²) in [5.41, 5.74) is 2.52. The Morgan fingerprint density at radius 3 is 2.76 bits per heavy atom. The number of morpholine rings is 1. The van der Waals surface area contributed by atoms with Gasteiger partial charge in [-0.25, -0.2) is 4.99 Å². The number of nitrogens with zero attached hydrogens (tertiary/aromatic N) is 5. The highest BCUT2D eigenvalue weighted by molar-refractivity contribution is 14.0. The standard InChI is InChI=1S/C21H32N6O.HI/c1-5-6-11-22-21(23-14-20-25-24-17(3)26(20)4)27-12-13-28-19(15-27)18-10-8-7-9-16(18)2;/h7-10,19H,5-6,11-15H2,1-4H3,(H,22,23);1H. The van der Waals surface area contributed by atoms with E-state index in [9.17, 15) is 0 Å². The zero-order valence-corrected chi connectivity index (χ0v) is 20.2. The summed E-state index contributed by atoms with van der Waals surface area (Å²) < 4.78 is 8.07. The van der Waals surface area contributed by atoms with Crippen LogP contribution in [0.1, 0.15) is 48.6 Å². The molecule has 2 aromatic rings. The average molecular weight is 512 g/mol. The van der Waals surface area contributed by atoms with Gasteiger partial charge in [-0.05, 0) is 31.4 Å². The van der Waals surface area contributed by atoms with Gasteiger partial charge in [-0.3, -0.25) is 0 Å². The molecule has 160 valence electrons. The molecule has 0 saturated carbocycles. The van der Waals surface area contributed by atoms with Crippen molar-refractivity contribution in [2.45, 2.75) is 46.3 Å². The number of hydrogen-bond acceptors (Lipinski definition) is 4. The summed E-state index contributed by atoms with van der Waals surface area (Å²) in [5.74, 6) is 2.70. The van der Waals surface area contributed by atoms with Gasteiger partial charge in [0, 0.05) is 20.1 Å². The predicted molar refractivity (Wildman–Crippen MR) is 127 cm³/mol. The molecule has 1 aromatic carbocycles. The molecule has 0 spiro atoms. The van der Waals surface area contributed by atoms with Crippen molar-refractivity contribution in [3.63, 3.8) is 0 Å². The van der Waals surface area contributed by atoms with Gasteiger partial charge in [0.25, 0.3) is 0 Å². The number of rotatable bonds is 6. The van der Waals surface area contributed by atoms with E-state index in [0.29, 0.717) is 13.2 Å². The summed E-state index contributed by atoms with van der Waals surface area (Å²) in [6.45, 7) is 10.0. The maximum Gasteiger partial charge on any atom is 0.194 e. The number of halogens is 1. The Hall–Kier alpha value is -1.68. The molecule has 0 aliphatic carbocycles. The van der Waals surface area contributed by atoms with Crippen LogP contribution >= 0.6 is 24.0 Å². The van der Waals surface area contributed by atoms with Crippen LogP contribution in [0.4, 0.5) is 0 Å². The van der Waals surface area contributed by atoms with E-state index in [1.807, 2.05) is 18.5 Å². The van der Waals surface area contributed by atoms with Crippen molar-refractivity contribution in [2.75, 3.05) is 26.2 Å². The molecule has 1 N–H and O–H groups in total. The molecule has 3 rings (SSSR count). The molecular formula is C21H33IN6O. The maximum atomic E-state index is 6.09. The zero-order chi connectivity index (χ0) is 19.9. The molecule has 1 aromatic heterocycles. The van der Waals surface area contributed by atoms with Gasteiger partial charge in [0.05, 0.1) is 13.2 Å². The molecule has 1 saturated heterocycles. The zero-order valence-electron chi connectivity index (χ0n) is 17.9. The number of ether oxygens (including phenoxy) is 1. The lowest BCUT2D eigenvalue weighted by atomic mass is 10.0. The van der Waals surface area contributed by atoms with Gasteiger partial charge in [0.2, 0.25) is 0 Å². The summed E-state index contributed by atoms with van der Waals surface area (Å²) in [6, 6.07) is 8.45. The quantitative estimate of drug-likeness (QED) is 0.278. The van der Waals surface area contributed by atoms with Crippen LogP contribution in [0.5, 0.6) is 0 Å². The van der Waals surface area contributed by atoms with Crippen molar-refractivity contribution in [1.29, 1.82) is 0 Å². The first-order valence-electron chi connectivity index (χ1n) is 10.2. The van der Waals surface area contributed by atoms with Crippen LogP contribution in [0.3, 0.4) is 0 Å². The fourth-order valence-electron chi connectivity index (χ4n) is 3.36. The molecule has 1 fully saturated rings. The lowest BCUT2D eigenvalue weighted by Crippen LogP contribution is -2.48. The smallest absolute Gasteiger partial charge is 0.194 e. The molecule has 0 bridgehead atoms. The van der Waals surface area contributed by atoms with Crippen LogP contribution in [0.25, 0.3) is 0 Å². The molecule has 29 heavy (non-hydrogen) atoms. The van der Waals surface area contributed by atoms with Crippen LogP contribution < -0.4 is 5.32 Å². The van der Waals surface area contributed by atoms with Gasteiger partial charge in [-0.2, -0.15) is 0 Å². The number of nitrogens with one attached hydrogen (secondary N) is 1. The topological polar surface area (TPSA) is 67.6 Å². The van der Waals surface area contributed by atoms with Gasteiger partial charge in [0.1, 0.15) is 18.5 Å². The fourth-order valence-corrected chi connectivity index (χ4v) is 3.36. The molecule has 7 nitrogen and oxygen atoms in total. The van der Waals surface area contributed by atoms with E-state index < -0.39 is 0 Å². The van der Waals surface area contributed by atoms with Crippen molar-refractivity contribution in [3.8, 4) is 0 Å². The Morgan fingerprint density at radius 1 is 1.28 bits per heavy atom. The van der Waals surface area contributed by atoms with E-state index in [4.69, 9.17) is 9.73 Å². The number of unbranched alkanes of at least 4 members (excludes halogenated alkanes) is 1. The average Bonchev–Trinajstić information content (AvgIpc) is 3.03. The largest absolute Gasteiger partial charge is 0.370 e. The van der Waals surface area contributed by atoms with Gasteiger partial charge >= 0.3 is 0 Å². The van der Waals surface area contributed by atoms with E-state index in [1.165, 1.54) is 11.1 Å². The molecule has 0 amide bonds.